The van der Waals surface area contributed by atoms with E-state index in [1.54, 1.807) is 6.20 Å². The van der Waals surface area contributed by atoms with Gasteiger partial charge in [0.25, 0.3) is 0 Å². The van der Waals surface area contributed by atoms with Gasteiger partial charge in [-0.25, -0.2) is 4.98 Å². The fourth-order valence-electron chi connectivity index (χ4n) is 1.54. The van der Waals surface area contributed by atoms with E-state index in [1.165, 1.54) is 11.3 Å². The highest BCUT2D eigenvalue weighted by Crippen LogP contribution is 2.23. The van der Waals surface area contributed by atoms with Crippen LogP contribution in [-0.2, 0) is 21.4 Å². The van der Waals surface area contributed by atoms with Crippen LogP contribution in [0.5, 0.6) is 0 Å². The molecule has 5 nitrogen and oxygen atoms in total. The summed E-state index contributed by atoms with van der Waals surface area (Å²) in [6.45, 7) is 2.92. The van der Waals surface area contributed by atoms with E-state index in [9.17, 15) is 12.3 Å². The summed E-state index contributed by atoms with van der Waals surface area (Å²) in [6.07, 6.45) is 1.79. The Labute approximate surface area is 103 Å². The first-order valence-corrected chi connectivity index (χ1v) is 7.61. The van der Waals surface area contributed by atoms with Gasteiger partial charge in [0.1, 0.15) is 0 Å². The van der Waals surface area contributed by atoms with Crippen LogP contribution in [-0.4, -0.2) is 45.5 Å². The summed E-state index contributed by atoms with van der Waals surface area (Å²) in [5, 5.41) is 0.847. The fourth-order valence-corrected chi connectivity index (χ4v) is 3.09. The molecule has 0 aliphatic carbocycles. The molecule has 17 heavy (non-hydrogen) atoms. The first kappa shape index (κ1) is 12.7. The summed E-state index contributed by atoms with van der Waals surface area (Å²) >= 11 is 1.41. The van der Waals surface area contributed by atoms with Crippen LogP contribution in [0.2, 0.25) is 0 Å². The smallest absolute Gasteiger partial charge is 0.302 e. The van der Waals surface area contributed by atoms with Crippen molar-refractivity contribution in [3.8, 4) is 0 Å². The number of anilines is 1. The predicted molar refractivity (Wildman–Crippen MR) is 63.7 cm³/mol. The van der Waals surface area contributed by atoms with Crippen LogP contribution in [0.4, 0.5) is 9.02 Å². The number of rotatable bonds is 4. The van der Waals surface area contributed by atoms with Crippen LogP contribution in [0, 0.1) is 0 Å². The van der Waals surface area contributed by atoms with Crippen molar-refractivity contribution in [2.75, 3.05) is 37.0 Å². The van der Waals surface area contributed by atoms with E-state index in [-0.39, 0.29) is 6.42 Å². The molecular weight excluding hydrogens is 267 g/mol. The quantitative estimate of drug-likeness (QED) is 0.764. The highest BCUT2D eigenvalue weighted by atomic mass is 32.3. The standard InChI is InChI=1S/C9H13FN2O3S2/c10-17(13,14)6-1-8-7-11-9(16-8)12-2-4-15-5-3-12/h7H,1-6H2. The first-order valence-electron chi connectivity index (χ1n) is 5.24. The van der Waals surface area contributed by atoms with E-state index in [1.807, 2.05) is 0 Å². The van der Waals surface area contributed by atoms with Crippen LogP contribution >= 0.6 is 11.3 Å². The van der Waals surface area contributed by atoms with Crippen LogP contribution in [0.1, 0.15) is 4.88 Å². The minimum Gasteiger partial charge on any atom is -0.378 e. The first-order chi connectivity index (χ1) is 8.04. The van der Waals surface area contributed by atoms with Gasteiger partial charge in [0.15, 0.2) is 5.13 Å². The number of ether oxygens (including phenoxy) is 1. The molecule has 0 radical (unpaired) electrons. The fraction of sp³-hybridized carbons (Fsp3) is 0.667. The van der Waals surface area contributed by atoms with Crippen molar-refractivity contribution in [1.82, 2.24) is 4.98 Å². The second-order valence-electron chi connectivity index (χ2n) is 3.70. The maximum absolute atomic E-state index is 12.4. The van der Waals surface area contributed by atoms with Gasteiger partial charge in [-0.3, -0.25) is 0 Å². The number of hydrogen-bond acceptors (Lipinski definition) is 6. The number of aromatic nitrogens is 1. The topological polar surface area (TPSA) is 59.5 Å². The molecule has 1 aliphatic heterocycles. The molecule has 0 unspecified atom stereocenters. The Hall–Kier alpha value is -0.730. The average molecular weight is 280 g/mol. The zero-order chi connectivity index (χ0) is 12.3. The molecule has 1 saturated heterocycles. The van der Waals surface area contributed by atoms with Gasteiger partial charge in [0.05, 0.1) is 19.0 Å². The van der Waals surface area contributed by atoms with Crippen molar-refractivity contribution in [3.63, 3.8) is 0 Å². The Morgan fingerprint density at radius 2 is 2.18 bits per heavy atom. The third-order valence-electron chi connectivity index (χ3n) is 2.42. The van der Waals surface area contributed by atoms with Crippen molar-refractivity contribution >= 4 is 26.7 Å². The zero-order valence-corrected chi connectivity index (χ0v) is 10.8. The van der Waals surface area contributed by atoms with Crippen molar-refractivity contribution in [1.29, 1.82) is 0 Å². The Morgan fingerprint density at radius 3 is 2.82 bits per heavy atom. The number of nitrogens with zero attached hydrogens (tertiary/aromatic N) is 2. The maximum atomic E-state index is 12.4. The van der Waals surface area contributed by atoms with Crippen molar-refractivity contribution in [2.45, 2.75) is 6.42 Å². The van der Waals surface area contributed by atoms with Crippen molar-refractivity contribution in [3.05, 3.63) is 11.1 Å². The van der Waals surface area contributed by atoms with Crippen LogP contribution in [0.15, 0.2) is 6.20 Å². The van der Waals surface area contributed by atoms with E-state index in [2.05, 4.69) is 9.88 Å². The average Bonchev–Trinajstić information content (AvgIpc) is 2.75. The SMILES string of the molecule is O=S(=O)(F)CCc1cnc(N2CCOCC2)s1. The Kier molecular flexibility index (Phi) is 3.95. The van der Waals surface area contributed by atoms with Gasteiger partial charge in [0.2, 0.25) is 0 Å². The van der Waals surface area contributed by atoms with E-state index < -0.39 is 16.0 Å². The molecule has 0 aromatic carbocycles. The number of hydrogen-bond donors (Lipinski definition) is 0. The van der Waals surface area contributed by atoms with E-state index >= 15 is 0 Å². The molecule has 1 aromatic heterocycles. The molecule has 8 heteroatoms. The molecule has 96 valence electrons. The minimum atomic E-state index is -4.39. The van der Waals surface area contributed by atoms with Gasteiger partial charge in [-0.15, -0.1) is 15.2 Å². The molecule has 0 amide bonds. The van der Waals surface area contributed by atoms with Crippen LogP contribution < -0.4 is 4.90 Å². The molecular formula is C9H13FN2O3S2. The lowest BCUT2D eigenvalue weighted by molar-refractivity contribution is 0.122. The number of thiazole rings is 1. The largest absolute Gasteiger partial charge is 0.378 e. The number of morpholine rings is 1. The van der Waals surface area contributed by atoms with Gasteiger partial charge < -0.3 is 9.64 Å². The Morgan fingerprint density at radius 1 is 1.47 bits per heavy atom. The molecule has 1 aromatic rings. The monoisotopic (exact) mass is 280 g/mol. The van der Waals surface area contributed by atoms with Gasteiger partial charge in [-0.05, 0) is 6.42 Å². The summed E-state index contributed by atoms with van der Waals surface area (Å²) in [5.41, 5.74) is 0. The molecule has 0 bridgehead atoms. The second-order valence-corrected chi connectivity index (χ2v) is 6.28. The molecule has 0 atom stereocenters. The number of aryl methyl sites for hydroxylation is 1. The summed E-state index contributed by atoms with van der Waals surface area (Å²) in [5.74, 6) is -0.474. The molecule has 2 rings (SSSR count). The highest BCUT2D eigenvalue weighted by Gasteiger charge is 2.15. The van der Waals surface area contributed by atoms with Gasteiger partial charge in [-0.1, -0.05) is 0 Å². The summed E-state index contributed by atoms with van der Waals surface area (Å²) in [7, 11) is -4.39. The van der Waals surface area contributed by atoms with E-state index in [4.69, 9.17) is 4.74 Å². The molecule has 0 spiro atoms. The molecule has 1 fully saturated rings. The molecule has 0 saturated carbocycles. The van der Waals surface area contributed by atoms with Crippen molar-refractivity contribution < 1.29 is 17.0 Å². The van der Waals surface area contributed by atoms with Gasteiger partial charge in [-0.2, -0.15) is 8.42 Å². The van der Waals surface area contributed by atoms with Crippen LogP contribution in [0.25, 0.3) is 0 Å². The van der Waals surface area contributed by atoms with Gasteiger partial charge in [0, 0.05) is 24.2 Å². The lowest BCUT2D eigenvalue weighted by Crippen LogP contribution is -2.36. The zero-order valence-electron chi connectivity index (χ0n) is 9.13. The third-order valence-corrected chi connectivity index (χ3v) is 4.22. The Bertz CT molecular complexity index is 468. The lowest BCUT2D eigenvalue weighted by atomic mass is 10.4. The van der Waals surface area contributed by atoms with E-state index in [0.29, 0.717) is 13.2 Å². The number of halogens is 1. The van der Waals surface area contributed by atoms with Crippen LogP contribution in [0.3, 0.4) is 0 Å². The second kappa shape index (κ2) is 5.28. The molecule has 2 heterocycles. The maximum Gasteiger partial charge on any atom is 0.302 e. The molecule has 1 aliphatic rings. The predicted octanol–water partition coefficient (Wildman–Crippen LogP) is 0.822. The van der Waals surface area contributed by atoms with E-state index in [0.717, 1.165) is 23.1 Å². The summed E-state index contributed by atoms with van der Waals surface area (Å²) in [4.78, 5) is 7.08. The normalized spacial score (nSPS) is 17.4. The Balaban J connectivity index is 1.95. The summed E-state index contributed by atoms with van der Waals surface area (Å²) in [6, 6.07) is 0. The molecule has 0 N–H and O–H groups in total. The van der Waals surface area contributed by atoms with Crippen molar-refractivity contribution in [2.24, 2.45) is 0 Å². The lowest BCUT2D eigenvalue weighted by Gasteiger charge is -2.25. The highest BCUT2D eigenvalue weighted by molar-refractivity contribution is 7.86. The van der Waals surface area contributed by atoms with Gasteiger partial charge >= 0.3 is 10.2 Å². The minimum absolute atomic E-state index is 0.181. The third kappa shape index (κ3) is 3.90. The summed E-state index contributed by atoms with van der Waals surface area (Å²) < 4.78 is 38.4.